The SMILES string of the molecule is COC(=O)C1=C(C)N(c2cccc(C(F)(F)F)c2)c2n[nH]c(=O)n2[C@@H]1c1ccc(C#N)cc1C[N+]1(C)CC(O)C(O)C1.O=C[O-]. The van der Waals surface area contributed by atoms with Crippen LogP contribution in [0.15, 0.2) is 58.5 Å². The molecule has 3 N–H and O–H groups in total. The first-order valence-electron chi connectivity index (χ1n) is 13.4. The van der Waals surface area contributed by atoms with Gasteiger partial charge in [0.2, 0.25) is 5.95 Å². The summed E-state index contributed by atoms with van der Waals surface area (Å²) in [7, 11) is 2.98. The molecule has 1 saturated heterocycles. The lowest BCUT2D eigenvalue weighted by Gasteiger charge is -2.37. The molecule has 1 fully saturated rings. The Morgan fingerprint density at radius 3 is 2.47 bits per heavy atom. The lowest BCUT2D eigenvalue weighted by Crippen LogP contribution is -2.43. The van der Waals surface area contributed by atoms with Gasteiger partial charge in [0.05, 0.1) is 36.9 Å². The normalized spacial score (nSPS) is 22.6. The lowest BCUT2D eigenvalue weighted by atomic mass is 9.89. The van der Waals surface area contributed by atoms with Gasteiger partial charge >= 0.3 is 17.8 Å². The number of rotatable bonds is 5. The number of carbonyl (C=O) groups is 2. The number of esters is 1. The maximum absolute atomic E-state index is 13.6. The molecule has 0 bridgehead atoms. The number of ether oxygens (including phenoxy) is 1. The second kappa shape index (κ2) is 12.6. The van der Waals surface area contributed by atoms with Gasteiger partial charge in [-0.2, -0.15) is 18.4 Å². The number of nitriles is 1. The molecular weight excluding hydrogens is 601 g/mol. The molecule has 2 aliphatic rings. The Morgan fingerprint density at radius 2 is 1.89 bits per heavy atom. The molecule has 13 nitrogen and oxygen atoms in total. The molecule has 0 saturated carbocycles. The Balaban J connectivity index is 0.00000148. The molecule has 1 aromatic heterocycles. The zero-order chi connectivity index (χ0) is 33.3. The number of aliphatic hydroxyl groups is 2. The number of methoxy groups -OCH3 is 1. The summed E-state index contributed by atoms with van der Waals surface area (Å²) < 4.78 is 47.2. The predicted molar refractivity (Wildman–Crippen MR) is 148 cm³/mol. The predicted octanol–water partition coefficient (Wildman–Crippen LogP) is 0.698. The van der Waals surface area contributed by atoms with E-state index in [0.717, 1.165) is 23.8 Å². The third-order valence-corrected chi connectivity index (χ3v) is 7.80. The first kappa shape index (κ1) is 32.9. The van der Waals surface area contributed by atoms with Crippen LogP contribution in [0.1, 0.15) is 35.2 Å². The summed E-state index contributed by atoms with van der Waals surface area (Å²) in [5.74, 6) is -0.881. The number of alkyl halides is 3. The number of nitrogens with one attached hydrogen (secondary N) is 1. The molecule has 3 heterocycles. The van der Waals surface area contributed by atoms with Crippen LogP contribution in [0.4, 0.5) is 24.8 Å². The fourth-order valence-electron chi connectivity index (χ4n) is 5.92. The van der Waals surface area contributed by atoms with Crippen molar-refractivity contribution in [1.29, 1.82) is 5.26 Å². The highest BCUT2D eigenvalue weighted by Gasteiger charge is 2.44. The van der Waals surface area contributed by atoms with E-state index in [1.165, 1.54) is 30.0 Å². The van der Waals surface area contributed by atoms with Crippen molar-refractivity contribution < 1.29 is 47.3 Å². The number of H-pyrrole nitrogens is 1. The number of likely N-dealkylation sites (N-methyl/N-ethyl adjacent to an activating group) is 1. The number of anilines is 2. The first-order valence-corrected chi connectivity index (χ1v) is 13.4. The molecule has 0 radical (unpaired) electrons. The maximum Gasteiger partial charge on any atom is 0.416 e. The molecule has 16 heteroatoms. The third kappa shape index (κ3) is 6.32. The van der Waals surface area contributed by atoms with Crippen LogP contribution in [-0.4, -0.2) is 81.4 Å². The van der Waals surface area contributed by atoms with E-state index in [1.54, 1.807) is 12.1 Å². The number of halogens is 3. The fraction of sp³-hybridized carbons (Fsp3) is 0.345. The van der Waals surface area contributed by atoms with Crippen LogP contribution in [0.5, 0.6) is 0 Å². The van der Waals surface area contributed by atoms with Gasteiger partial charge in [0.1, 0.15) is 37.9 Å². The molecule has 3 atom stereocenters. The van der Waals surface area contributed by atoms with Crippen molar-refractivity contribution in [3.63, 3.8) is 0 Å². The largest absolute Gasteiger partial charge is 0.554 e. The molecule has 5 rings (SSSR count). The third-order valence-electron chi connectivity index (χ3n) is 7.80. The first-order chi connectivity index (χ1) is 21.2. The van der Waals surface area contributed by atoms with E-state index >= 15 is 0 Å². The summed E-state index contributed by atoms with van der Waals surface area (Å²) in [5.41, 5.74) is -0.186. The fourth-order valence-corrected chi connectivity index (χ4v) is 5.92. The van der Waals surface area contributed by atoms with E-state index in [-0.39, 0.29) is 47.0 Å². The molecule has 0 aliphatic carbocycles. The molecule has 238 valence electrons. The molecule has 2 aliphatic heterocycles. The van der Waals surface area contributed by atoms with Crippen LogP contribution in [-0.2, 0) is 27.0 Å². The van der Waals surface area contributed by atoms with Crippen LogP contribution >= 0.6 is 0 Å². The molecule has 3 aromatic rings. The summed E-state index contributed by atoms with van der Waals surface area (Å²) in [5, 5.41) is 44.8. The number of aromatic amines is 1. The van der Waals surface area contributed by atoms with Crippen LogP contribution < -0.4 is 15.7 Å². The Morgan fingerprint density at radius 1 is 1.24 bits per heavy atom. The van der Waals surface area contributed by atoms with Crippen molar-refractivity contribution in [2.75, 3.05) is 32.1 Å². The number of likely N-dealkylation sites (tertiary alicyclic amines) is 1. The number of aromatic nitrogens is 3. The molecule has 45 heavy (non-hydrogen) atoms. The summed E-state index contributed by atoms with van der Waals surface area (Å²) in [6.45, 7) is 1.69. The number of nitrogens with zero attached hydrogens (tertiary/aromatic N) is 5. The number of carbonyl (C=O) groups excluding carboxylic acids is 2. The Bertz CT molecular complexity index is 1730. The smallest absolute Gasteiger partial charge is 0.416 e. The highest BCUT2D eigenvalue weighted by molar-refractivity contribution is 5.93. The van der Waals surface area contributed by atoms with E-state index in [4.69, 9.17) is 14.6 Å². The van der Waals surface area contributed by atoms with Crippen molar-refractivity contribution in [2.24, 2.45) is 0 Å². The van der Waals surface area contributed by atoms with Gasteiger partial charge in [-0.1, -0.05) is 12.1 Å². The Kier molecular flexibility index (Phi) is 9.19. The monoisotopic (exact) mass is 630 g/mol. The highest BCUT2D eigenvalue weighted by atomic mass is 19.4. The summed E-state index contributed by atoms with van der Waals surface area (Å²) in [6.07, 6.45) is -6.55. The van der Waals surface area contributed by atoms with Crippen LogP contribution in [0, 0.1) is 11.3 Å². The summed E-state index contributed by atoms with van der Waals surface area (Å²) >= 11 is 0. The van der Waals surface area contributed by atoms with Crippen LogP contribution in [0.2, 0.25) is 0 Å². The number of hydrogen-bond donors (Lipinski definition) is 3. The molecule has 2 aromatic carbocycles. The number of benzene rings is 2. The lowest BCUT2D eigenvalue weighted by molar-refractivity contribution is -0.913. The van der Waals surface area contributed by atoms with Gasteiger partial charge < -0.3 is 29.3 Å². The Labute approximate surface area is 254 Å². The van der Waals surface area contributed by atoms with Gasteiger partial charge in [-0.25, -0.2) is 19.3 Å². The van der Waals surface area contributed by atoms with Gasteiger partial charge in [-0.3, -0.25) is 4.90 Å². The second-order valence-corrected chi connectivity index (χ2v) is 10.9. The molecule has 0 spiro atoms. The number of allylic oxidation sites excluding steroid dienone is 1. The number of fused-ring (bicyclic) bond motifs is 1. The van der Waals surface area contributed by atoms with Gasteiger partial charge in [-0.15, -0.1) is 5.10 Å². The van der Waals surface area contributed by atoms with Crippen molar-refractivity contribution in [3.05, 3.63) is 86.5 Å². The van der Waals surface area contributed by atoms with Gasteiger partial charge in [0.25, 0.3) is 0 Å². The molecular formula is C29H29F3N6O7. The minimum Gasteiger partial charge on any atom is -0.554 e. The minimum absolute atomic E-state index is 0.0144. The molecule has 0 amide bonds. The second-order valence-electron chi connectivity index (χ2n) is 10.9. The van der Waals surface area contributed by atoms with Crippen molar-refractivity contribution in [2.45, 2.75) is 37.9 Å². The molecule has 2 unspecified atom stereocenters. The maximum atomic E-state index is 13.6. The van der Waals surface area contributed by atoms with Gasteiger partial charge in [0.15, 0.2) is 0 Å². The topological polar surface area (TPSA) is 185 Å². The van der Waals surface area contributed by atoms with E-state index in [0.29, 0.717) is 16.7 Å². The van der Waals surface area contributed by atoms with Gasteiger partial charge in [0, 0.05) is 23.4 Å². The number of carboxylic acid groups (broad SMARTS) is 1. The van der Waals surface area contributed by atoms with E-state index in [2.05, 4.69) is 16.3 Å². The van der Waals surface area contributed by atoms with E-state index in [9.17, 15) is 38.2 Å². The van der Waals surface area contributed by atoms with Crippen LogP contribution in [0.3, 0.4) is 0 Å². The van der Waals surface area contributed by atoms with Gasteiger partial charge in [-0.05, 0) is 42.8 Å². The van der Waals surface area contributed by atoms with Crippen molar-refractivity contribution in [3.8, 4) is 6.07 Å². The highest BCUT2D eigenvalue weighted by Crippen LogP contribution is 2.44. The summed E-state index contributed by atoms with van der Waals surface area (Å²) in [4.78, 5) is 36.2. The van der Waals surface area contributed by atoms with E-state index in [1.807, 2.05) is 7.05 Å². The number of aliphatic hydroxyl groups excluding tert-OH is 2. The average Bonchev–Trinajstić information content (AvgIpc) is 3.48. The van der Waals surface area contributed by atoms with Crippen LogP contribution in [0.25, 0.3) is 0 Å². The minimum atomic E-state index is -4.64. The van der Waals surface area contributed by atoms with Crippen molar-refractivity contribution in [1.82, 2.24) is 14.8 Å². The van der Waals surface area contributed by atoms with Crippen molar-refractivity contribution >= 4 is 24.1 Å². The average molecular weight is 631 g/mol. The zero-order valence-electron chi connectivity index (χ0n) is 24.3. The van der Waals surface area contributed by atoms with E-state index < -0.39 is 48.1 Å². The number of hydrogen-bond acceptors (Lipinski definition) is 10. The summed E-state index contributed by atoms with van der Waals surface area (Å²) in [6, 6.07) is 10.1. The Hall–Kier alpha value is -4.98. The zero-order valence-corrected chi connectivity index (χ0v) is 24.3. The standard InChI is InChI=1S/C28H27F3N6O5.CH2O2/c1-15-23(25(40)42-3)24(20-8-7-16(11-32)9-17(20)12-37(2)13-21(38)22(39)14-37)36-26(33-34-27(36)41)35(15)19-6-4-5-18(10-19)28(29,30)31;2-1-3/h4-10,21-22,24,38-39H,12-14H2,1-3H3;1H,(H,2,3)/t21?,22?,24-,37?;/m1./s1. The number of quaternary nitrogens is 1. The quantitative estimate of drug-likeness (QED) is 0.206.